The van der Waals surface area contributed by atoms with Crippen LogP contribution in [0.5, 0.6) is 0 Å². The lowest BCUT2D eigenvalue weighted by molar-refractivity contribution is -0.150. The van der Waals surface area contributed by atoms with Crippen molar-refractivity contribution in [2.24, 2.45) is 0 Å². The molecule has 6 nitrogen and oxygen atoms in total. The SMILES string of the molecule is CCCCCCCCCCCCCCCCC(c1c[nH]cn1)C(C)(C(=O)O)N(C)C.N. The number of nitrogens with one attached hydrogen (secondary N) is 1. The minimum Gasteiger partial charge on any atom is -0.480 e. The lowest BCUT2D eigenvalue weighted by atomic mass is 9.79. The molecule has 0 saturated heterocycles. The number of imidazole rings is 1. The van der Waals surface area contributed by atoms with E-state index in [1.54, 1.807) is 6.33 Å². The molecule has 182 valence electrons. The van der Waals surface area contributed by atoms with Gasteiger partial charge >= 0.3 is 5.97 Å². The highest BCUT2D eigenvalue weighted by Gasteiger charge is 2.44. The van der Waals surface area contributed by atoms with Crippen LogP contribution in [0.25, 0.3) is 0 Å². The number of nitrogens with zero attached hydrogens (tertiary/aromatic N) is 2. The Morgan fingerprint density at radius 2 is 1.42 bits per heavy atom. The maximum Gasteiger partial charge on any atom is 0.324 e. The summed E-state index contributed by atoms with van der Waals surface area (Å²) in [6, 6.07) is 0. The van der Waals surface area contributed by atoms with Crippen LogP contribution in [-0.4, -0.2) is 45.6 Å². The zero-order valence-electron chi connectivity index (χ0n) is 20.8. The molecule has 0 aliphatic carbocycles. The van der Waals surface area contributed by atoms with E-state index in [1.807, 2.05) is 32.1 Å². The van der Waals surface area contributed by atoms with Crippen LogP contribution >= 0.6 is 0 Å². The van der Waals surface area contributed by atoms with E-state index in [9.17, 15) is 9.90 Å². The van der Waals surface area contributed by atoms with Crippen LogP contribution in [0, 0.1) is 0 Å². The molecule has 1 aromatic heterocycles. The number of hydrogen-bond acceptors (Lipinski definition) is 4. The Labute approximate surface area is 191 Å². The third-order valence-electron chi connectivity index (χ3n) is 6.76. The van der Waals surface area contributed by atoms with Gasteiger partial charge in [0.1, 0.15) is 5.54 Å². The van der Waals surface area contributed by atoms with Crippen LogP contribution in [0.15, 0.2) is 12.5 Å². The Morgan fingerprint density at radius 3 is 1.77 bits per heavy atom. The van der Waals surface area contributed by atoms with Crippen LogP contribution in [0.3, 0.4) is 0 Å². The van der Waals surface area contributed by atoms with Gasteiger partial charge in [0, 0.05) is 12.1 Å². The van der Waals surface area contributed by atoms with Gasteiger partial charge in [-0.15, -0.1) is 0 Å². The molecule has 0 saturated carbocycles. The topological polar surface area (TPSA) is 104 Å². The van der Waals surface area contributed by atoms with Crippen LogP contribution in [0.1, 0.15) is 122 Å². The molecule has 31 heavy (non-hydrogen) atoms. The normalized spacial score (nSPS) is 14.2. The standard InChI is InChI=1S/C25H47N3O2.H3N/c1-5-6-7-8-9-10-11-12-13-14-15-16-17-18-19-22(23-20-26-21-27-23)25(2,24(29)30)28(3)4;/h20-22H,5-19H2,1-4H3,(H,26,27)(H,29,30);1H3. The maximum absolute atomic E-state index is 12.1. The first-order valence-electron chi connectivity index (χ1n) is 12.3. The Hall–Kier alpha value is -1.40. The number of unbranched alkanes of at least 4 members (excludes halogenated alkanes) is 13. The third kappa shape index (κ3) is 10.6. The molecule has 1 aromatic rings. The number of aliphatic carboxylic acids is 1. The van der Waals surface area contributed by atoms with Crippen molar-refractivity contribution in [1.29, 1.82) is 0 Å². The Morgan fingerprint density at radius 1 is 0.968 bits per heavy atom. The molecule has 0 aliphatic heterocycles. The zero-order chi connectivity index (χ0) is 22.2. The highest BCUT2D eigenvalue weighted by atomic mass is 16.4. The first-order valence-corrected chi connectivity index (χ1v) is 12.3. The van der Waals surface area contributed by atoms with Crippen molar-refractivity contribution in [1.82, 2.24) is 21.0 Å². The molecule has 0 radical (unpaired) electrons. The minimum absolute atomic E-state index is 0. The first kappa shape index (κ1) is 29.6. The fourth-order valence-electron chi connectivity index (χ4n) is 4.37. The summed E-state index contributed by atoms with van der Waals surface area (Å²) in [6.07, 6.45) is 23.0. The molecule has 2 unspecified atom stereocenters. The quantitative estimate of drug-likeness (QED) is 0.203. The molecule has 0 amide bonds. The second-order valence-electron chi connectivity index (χ2n) is 9.28. The van der Waals surface area contributed by atoms with E-state index in [4.69, 9.17) is 0 Å². The van der Waals surface area contributed by atoms with Gasteiger partial charge in [0.25, 0.3) is 0 Å². The Kier molecular flexibility index (Phi) is 16.4. The van der Waals surface area contributed by atoms with Crippen molar-refractivity contribution in [2.75, 3.05) is 14.1 Å². The second kappa shape index (κ2) is 17.2. The van der Waals surface area contributed by atoms with Crippen LogP contribution in [0.2, 0.25) is 0 Å². The smallest absolute Gasteiger partial charge is 0.324 e. The van der Waals surface area contributed by atoms with E-state index in [0.29, 0.717) is 0 Å². The van der Waals surface area contributed by atoms with Crippen molar-refractivity contribution >= 4 is 5.97 Å². The predicted octanol–water partition coefficient (Wildman–Crippen LogP) is 6.93. The number of carboxylic acid groups (broad SMARTS) is 1. The Balaban J connectivity index is 0.00000900. The highest BCUT2D eigenvalue weighted by Crippen LogP contribution is 2.35. The molecule has 1 rings (SSSR count). The largest absolute Gasteiger partial charge is 0.480 e. The molecule has 0 aromatic carbocycles. The monoisotopic (exact) mass is 438 g/mol. The summed E-state index contributed by atoms with van der Waals surface area (Å²) >= 11 is 0. The van der Waals surface area contributed by atoms with E-state index < -0.39 is 11.5 Å². The van der Waals surface area contributed by atoms with Gasteiger partial charge in [-0.25, -0.2) is 4.98 Å². The number of rotatable bonds is 19. The summed E-state index contributed by atoms with van der Waals surface area (Å²) < 4.78 is 0. The number of carboxylic acids is 1. The average molecular weight is 439 g/mol. The number of likely N-dealkylation sites (N-methyl/N-ethyl adjacent to an activating group) is 1. The van der Waals surface area contributed by atoms with Gasteiger partial charge in [-0.05, 0) is 27.4 Å². The number of aromatic amines is 1. The van der Waals surface area contributed by atoms with Crippen LogP contribution in [0.4, 0.5) is 0 Å². The zero-order valence-corrected chi connectivity index (χ0v) is 20.8. The lowest BCUT2D eigenvalue weighted by Crippen LogP contribution is -2.53. The molecule has 1 heterocycles. The van der Waals surface area contributed by atoms with Crippen LogP contribution < -0.4 is 6.15 Å². The molecule has 5 N–H and O–H groups in total. The predicted molar refractivity (Wildman–Crippen MR) is 131 cm³/mol. The van der Waals surface area contributed by atoms with Crippen LogP contribution in [-0.2, 0) is 4.79 Å². The second-order valence-corrected chi connectivity index (χ2v) is 9.28. The number of hydrogen-bond donors (Lipinski definition) is 3. The van der Waals surface area contributed by atoms with Gasteiger partial charge in [0.2, 0.25) is 0 Å². The van der Waals surface area contributed by atoms with Crippen molar-refractivity contribution in [3.05, 3.63) is 18.2 Å². The summed E-state index contributed by atoms with van der Waals surface area (Å²) in [5.74, 6) is -0.903. The van der Waals surface area contributed by atoms with Gasteiger partial charge in [0.05, 0.1) is 12.0 Å². The van der Waals surface area contributed by atoms with E-state index in [0.717, 1.165) is 18.5 Å². The minimum atomic E-state index is -0.953. The molecule has 6 heteroatoms. The van der Waals surface area contributed by atoms with Crippen molar-refractivity contribution in [2.45, 2.75) is 122 Å². The maximum atomic E-state index is 12.1. The van der Waals surface area contributed by atoms with Crippen molar-refractivity contribution < 1.29 is 9.90 Å². The van der Waals surface area contributed by atoms with E-state index in [2.05, 4.69) is 16.9 Å². The number of H-pyrrole nitrogens is 1. The summed E-state index contributed by atoms with van der Waals surface area (Å²) in [5.41, 5.74) is -0.102. The molecular formula is C25H50N4O2. The Bertz CT molecular complexity index is 548. The summed E-state index contributed by atoms with van der Waals surface area (Å²) in [6.45, 7) is 4.09. The fourth-order valence-corrected chi connectivity index (χ4v) is 4.37. The fraction of sp³-hybridized carbons (Fsp3) is 0.840. The third-order valence-corrected chi connectivity index (χ3v) is 6.76. The molecular weight excluding hydrogens is 388 g/mol. The first-order chi connectivity index (χ1) is 14.4. The van der Waals surface area contributed by atoms with Crippen molar-refractivity contribution in [3.63, 3.8) is 0 Å². The summed E-state index contributed by atoms with van der Waals surface area (Å²) in [5, 5.41) is 9.91. The average Bonchev–Trinajstić information content (AvgIpc) is 3.24. The van der Waals surface area contributed by atoms with E-state index in [1.165, 1.54) is 83.5 Å². The van der Waals surface area contributed by atoms with Gasteiger partial charge in [-0.2, -0.15) is 0 Å². The lowest BCUT2D eigenvalue weighted by Gasteiger charge is -2.38. The van der Waals surface area contributed by atoms with E-state index >= 15 is 0 Å². The summed E-state index contributed by atoms with van der Waals surface area (Å²) in [7, 11) is 3.69. The molecule has 0 spiro atoms. The number of aromatic nitrogens is 2. The molecule has 2 atom stereocenters. The highest BCUT2D eigenvalue weighted by molar-refractivity contribution is 5.79. The van der Waals surface area contributed by atoms with Gasteiger partial charge < -0.3 is 16.2 Å². The summed E-state index contributed by atoms with van der Waals surface area (Å²) in [4.78, 5) is 21.3. The van der Waals surface area contributed by atoms with Gasteiger partial charge in [-0.3, -0.25) is 9.69 Å². The van der Waals surface area contributed by atoms with E-state index in [-0.39, 0.29) is 12.1 Å². The van der Waals surface area contributed by atoms with Gasteiger partial charge in [-0.1, -0.05) is 96.8 Å². The van der Waals surface area contributed by atoms with Crippen molar-refractivity contribution in [3.8, 4) is 0 Å². The molecule has 0 aliphatic rings. The molecule has 0 fully saturated rings. The number of carbonyl (C=O) groups is 1. The molecule has 0 bridgehead atoms. The van der Waals surface area contributed by atoms with Gasteiger partial charge in [0.15, 0.2) is 0 Å².